The number of fused-ring (bicyclic) bond motifs is 1. The SMILES string of the molecule is CC[C@@H](C)[C@H](NC(=O)[C@@H]1Cc2ccccc2CN1)C(=O)Nc1ccc(OC)cc1. The van der Waals surface area contributed by atoms with Crippen molar-refractivity contribution in [1.82, 2.24) is 10.6 Å². The predicted molar refractivity (Wildman–Crippen MR) is 114 cm³/mol. The molecule has 2 amide bonds. The number of nitrogens with one attached hydrogen (secondary N) is 3. The fourth-order valence-electron chi connectivity index (χ4n) is 3.49. The van der Waals surface area contributed by atoms with Crippen LogP contribution in [0.1, 0.15) is 31.4 Å². The second-order valence-electron chi connectivity index (χ2n) is 7.50. The highest BCUT2D eigenvalue weighted by Crippen LogP contribution is 2.19. The molecule has 1 aliphatic heterocycles. The van der Waals surface area contributed by atoms with Crippen LogP contribution in [0, 0.1) is 5.92 Å². The summed E-state index contributed by atoms with van der Waals surface area (Å²) in [6, 6.07) is 14.3. The second-order valence-corrected chi connectivity index (χ2v) is 7.50. The smallest absolute Gasteiger partial charge is 0.247 e. The molecule has 0 radical (unpaired) electrons. The normalized spacial score (nSPS) is 17.6. The summed E-state index contributed by atoms with van der Waals surface area (Å²) in [5.41, 5.74) is 3.06. The molecule has 0 aromatic heterocycles. The molecule has 154 valence electrons. The van der Waals surface area contributed by atoms with Gasteiger partial charge in [-0.3, -0.25) is 9.59 Å². The third-order valence-electron chi connectivity index (χ3n) is 5.55. The van der Waals surface area contributed by atoms with Gasteiger partial charge >= 0.3 is 0 Å². The molecule has 6 heteroatoms. The molecule has 29 heavy (non-hydrogen) atoms. The van der Waals surface area contributed by atoms with Gasteiger partial charge in [-0.25, -0.2) is 0 Å². The summed E-state index contributed by atoms with van der Waals surface area (Å²) < 4.78 is 5.15. The Balaban J connectivity index is 1.66. The van der Waals surface area contributed by atoms with E-state index in [2.05, 4.69) is 28.1 Å². The van der Waals surface area contributed by atoms with Crippen LogP contribution >= 0.6 is 0 Å². The van der Waals surface area contributed by atoms with Crippen molar-refractivity contribution in [3.63, 3.8) is 0 Å². The van der Waals surface area contributed by atoms with Gasteiger partial charge in [0.15, 0.2) is 0 Å². The Labute approximate surface area is 172 Å². The lowest BCUT2D eigenvalue weighted by atomic mass is 9.94. The van der Waals surface area contributed by atoms with Crippen molar-refractivity contribution >= 4 is 17.5 Å². The number of hydrogen-bond acceptors (Lipinski definition) is 4. The molecule has 0 fully saturated rings. The number of anilines is 1. The number of benzene rings is 2. The van der Waals surface area contributed by atoms with Crippen LogP contribution in [0.4, 0.5) is 5.69 Å². The summed E-state index contributed by atoms with van der Waals surface area (Å²) in [6.45, 7) is 4.64. The highest BCUT2D eigenvalue weighted by Gasteiger charge is 2.30. The molecule has 1 heterocycles. The van der Waals surface area contributed by atoms with Crippen LogP contribution in [0.2, 0.25) is 0 Å². The van der Waals surface area contributed by atoms with Crippen molar-refractivity contribution in [2.75, 3.05) is 12.4 Å². The molecule has 3 N–H and O–H groups in total. The van der Waals surface area contributed by atoms with Crippen molar-refractivity contribution in [3.05, 3.63) is 59.7 Å². The van der Waals surface area contributed by atoms with E-state index < -0.39 is 6.04 Å². The minimum atomic E-state index is -0.603. The molecule has 3 rings (SSSR count). The topological polar surface area (TPSA) is 79.5 Å². The van der Waals surface area contributed by atoms with Gasteiger partial charge in [0.1, 0.15) is 11.8 Å². The molecular formula is C23H29N3O3. The number of hydrogen-bond donors (Lipinski definition) is 3. The van der Waals surface area contributed by atoms with Gasteiger partial charge in [-0.1, -0.05) is 44.5 Å². The lowest BCUT2D eigenvalue weighted by Crippen LogP contribution is -2.55. The highest BCUT2D eigenvalue weighted by molar-refractivity contribution is 5.98. The van der Waals surface area contributed by atoms with Gasteiger partial charge in [-0.05, 0) is 47.7 Å². The van der Waals surface area contributed by atoms with E-state index in [1.165, 1.54) is 11.1 Å². The summed E-state index contributed by atoms with van der Waals surface area (Å²) in [4.78, 5) is 25.8. The van der Waals surface area contributed by atoms with E-state index in [0.717, 1.165) is 12.2 Å². The van der Waals surface area contributed by atoms with Crippen LogP contribution in [-0.2, 0) is 22.6 Å². The summed E-state index contributed by atoms with van der Waals surface area (Å²) in [5, 5.41) is 9.16. The monoisotopic (exact) mass is 395 g/mol. The minimum absolute atomic E-state index is 0.00748. The molecule has 0 aliphatic carbocycles. The first-order chi connectivity index (χ1) is 14.0. The van der Waals surface area contributed by atoms with Gasteiger partial charge in [-0.15, -0.1) is 0 Å². The molecule has 0 unspecified atom stereocenters. The minimum Gasteiger partial charge on any atom is -0.497 e. The van der Waals surface area contributed by atoms with Crippen LogP contribution in [0.25, 0.3) is 0 Å². The maximum Gasteiger partial charge on any atom is 0.247 e. The zero-order chi connectivity index (χ0) is 20.8. The number of rotatable bonds is 7. The Morgan fingerprint density at radius 2 is 1.83 bits per heavy atom. The second kappa shape index (κ2) is 9.56. The molecule has 0 bridgehead atoms. The summed E-state index contributed by atoms with van der Waals surface area (Å²) >= 11 is 0. The first-order valence-corrected chi connectivity index (χ1v) is 10.1. The first kappa shape index (κ1) is 20.9. The van der Waals surface area contributed by atoms with Crippen molar-refractivity contribution in [1.29, 1.82) is 0 Å². The third kappa shape index (κ3) is 5.15. The maximum absolute atomic E-state index is 12.9. The fraction of sp³-hybridized carbons (Fsp3) is 0.391. The number of methoxy groups -OCH3 is 1. The number of carbonyl (C=O) groups is 2. The Morgan fingerprint density at radius 3 is 2.48 bits per heavy atom. The van der Waals surface area contributed by atoms with Gasteiger partial charge in [0.25, 0.3) is 0 Å². The number of carbonyl (C=O) groups excluding carboxylic acids is 2. The van der Waals surface area contributed by atoms with E-state index in [-0.39, 0.29) is 23.8 Å². The average molecular weight is 396 g/mol. The molecule has 2 aromatic carbocycles. The Morgan fingerprint density at radius 1 is 1.14 bits per heavy atom. The Bertz CT molecular complexity index is 851. The lowest BCUT2D eigenvalue weighted by molar-refractivity contribution is -0.129. The quantitative estimate of drug-likeness (QED) is 0.674. The number of ether oxygens (including phenoxy) is 1. The molecule has 0 saturated carbocycles. The molecule has 6 nitrogen and oxygen atoms in total. The molecule has 2 aromatic rings. The van der Waals surface area contributed by atoms with E-state index in [1.54, 1.807) is 31.4 Å². The zero-order valence-electron chi connectivity index (χ0n) is 17.2. The van der Waals surface area contributed by atoms with Crippen molar-refractivity contribution in [3.8, 4) is 5.75 Å². The van der Waals surface area contributed by atoms with Crippen LogP contribution < -0.4 is 20.7 Å². The third-order valence-corrected chi connectivity index (χ3v) is 5.55. The van der Waals surface area contributed by atoms with E-state index in [4.69, 9.17) is 4.74 Å². The number of amides is 2. The summed E-state index contributed by atoms with van der Waals surface area (Å²) in [6.07, 6.45) is 1.40. The summed E-state index contributed by atoms with van der Waals surface area (Å²) in [5.74, 6) is 0.371. The predicted octanol–water partition coefficient (Wildman–Crippen LogP) is 2.88. The molecular weight excluding hydrogens is 366 g/mol. The van der Waals surface area contributed by atoms with E-state index in [0.29, 0.717) is 18.7 Å². The van der Waals surface area contributed by atoms with Gasteiger partial charge in [0.2, 0.25) is 11.8 Å². The molecule has 1 aliphatic rings. The lowest BCUT2D eigenvalue weighted by Gasteiger charge is -2.29. The maximum atomic E-state index is 12.9. The molecule has 0 saturated heterocycles. The van der Waals surface area contributed by atoms with Crippen LogP contribution in [0.3, 0.4) is 0 Å². The van der Waals surface area contributed by atoms with Crippen molar-refractivity contribution in [2.45, 2.75) is 45.3 Å². The van der Waals surface area contributed by atoms with Gasteiger partial charge < -0.3 is 20.7 Å². The van der Waals surface area contributed by atoms with E-state index >= 15 is 0 Å². The van der Waals surface area contributed by atoms with Crippen molar-refractivity contribution < 1.29 is 14.3 Å². The van der Waals surface area contributed by atoms with E-state index in [9.17, 15) is 9.59 Å². The van der Waals surface area contributed by atoms with Gasteiger partial charge in [-0.2, -0.15) is 0 Å². The molecule has 0 spiro atoms. The zero-order valence-corrected chi connectivity index (χ0v) is 17.2. The Hall–Kier alpha value is -2.86. The Kier molecular flexibility index (Phi) is 6.88. The van der Waals surface area contributed by atoms with E-state index in [1.807, 2.05) is 26.0 Å². The largest absolute Gasteiger partial charge is 0.497 e. The van der Waals surface area contributed by atoms with Gasteiger partial charge in [0.05, 0.1) is 13.2 Å². The van der Waals surface area contributed by atoms with Crippen LogP contribution in [0.5, 0.6) is 5.75 Å². The summed E-state index contributed by atoms with van der Waals surface area (Å²) in [7, 11) is 1.60. The average Bonchev–Trinajstić information content (AvgIpc) is 2.76. The standard InChI is InChI=1S/C23H29N3O3/c1-4-15(2)21(23(28)25-18-9-11-19(29-3)12-10-18)26-22(27)20-13-16-7-5-6-8-17(16)14-24-20/h5-12,15,20-21,24H,4,13-14H2,1-3H3,(H,25,28)(H,26,27)/t15-,20+,21+/m1/s1. The van der Waals surface area contributed by atoms with Crippen LogP contribution in [-0.4, -0.2) is 31.0 Å². The van der Waals surface area contributed by atoms with Gasteiger partial charge in [0, 0.05) is 12.2 Å². The van der Waals surface area contributed by atoms with Crippen molar-refractivity contribution in [2.24, 2.45) is 5.92 Å². The first-order valence-electron chi connectivity index (χ1n) is 10.1. The fourth-order valence-corrected chi connectivity index (χ4v) is 3.49. The van der Waals surface area contributed by atoms with Crippen LogP contribution in [0.15, 0.2) is 48.5 Å². The molecule has 3 atom stereocenters. The highest BCUT2D eigenvalue weighted by atomic mass is 16.5.